The van der Waals surface area contributed by atoms with Gasteiger partial charge < -0.3 is 19.5 Å². The van der Waals surface area contributed by atoms with Gasteiger partial charge in [-0.25, -0.2) is 4.79 Å². The van der Waals surface area contributed by atoms with E-state index in [1.807, 2.05) is 30.3 Å². The van der Waals surface area contributed by atoms with Crippen LogP contribution in [-0.2, 0) is 9.53 Å². The Labute approximate surface area is 140 Å². The van der Waals surface area contributed by atoms with Gasteiger partial charge in [0, 0.05) is 0 Å². The lowest BCUT2D eigenvalue weighted by molar-refractivity contribution is -0.124. The first-order valence-corrected chi connectivity index (χ1v) is 7.45. The highest BCUT2D eigenvalue weighted by Gasteiger charge is 2.10. The molecule has 6 heteroatoms. The molecule has 2 rings (SSSR count). The van der Waals surface area contributed by atoms with E-state index in [1.165, 1.54) is 7.11 Å². The number of ether oxygens (including phenoxy) is 3. The zero-order chi connectivity index (χ0) is 17.2. The summed E-state index contributed by atoms with van der Waals surface area (Å²) in [5.74, 6) is 0.315. The van der Waals surface area contributed by atoms with E-state index < -0.39 is 5.97 Å². The summed E-state index contributed by atoms with van der Waals surface area (Å²) in [6, 6.07) is 15.8. The summed E-state index contributed by atoms with van der Waals surface area (Å²) >= 11 is 0. The van der Waals surface area contributed by atoms with Crippen LogP contribution in [0.1, 0.15) is 10.4 Å². The molecule has 2 aromatic rings. The number of carbonyl (C=O) groups is 2. The average molecular weight is 329 g/mol. The molecule has 0 aromatic heterocycles. The fourth-order valence-electron chi connectivity index (χ4n) is 1.89. The molecule has 0 radical (unpaired) electrons. The van der Waals surface area contributed by atoms with Gasteiger partial charge in [0.15, 0.2) is 6.61 Å². The van der Waals surface area contributed by atoms with E-state index in [-0.39, 0.29) is 12.5 Å². The largest absolute Gasteiger partial charge is 0.497 e. The molecular weight excluding hydrogens is 310 g/mol. The van der Waals surface area contributed by atoms with E-state index in [4.69, 9.17) is 14.2 Å². The molecule has 0 aliphatic heterocycles. The Hall–Kier alpha value is -3.02. The number of methoxy groups -OCH3 is 1. The maximum Gasteiger partial charge on any atom is 0.338 e. The van der Waals surface area contributed by atoms with Gasteiger partial charge in [-0.1, -0.05) is 24.3 Å². The minimum atomic E-state index is -0.579. The molecule has 0 saturated carbocycles. The van der Waals surface area contributed by atoms with Crippen molar-refractivity contribution < 1.29 is 23.8 Å². The first-order valence-electron chi connectivity index (χ1n) is 7.45. The van der Waals surface area contributed by atoms with Crippen molar-refractivity contribution in [3.63, 3.8) is 0 Å². The molecule has 0 bridgehead atoms. The quantitative estimate of drug-likeness (QED) is 0.593. The summed E-state index contributed by atoms with van der Waals surface area (Å²) in [5.41, 5.74) is 0.328. The minimum Gasteiger partial charge on any atom is -0.497 e. The number of hydrogen-bond acceptors (Lipinski definition) is 5. The van der Waals surface area contributed by atoms with E-state index in [0.717, 1.165) is 5.75 Å². The molecule has 2 aromatic carbocycles. The average Bonchev–Trinajstić information content (AvgIpc) is 2.64. The van der Waals surface area contributed by atoms with Gasteiger partial charge in [-0.3, -0.25) is 4.79 Å². The summed E-state index contributed by atoms with van der Waals surface area (Å²) in [6.45, 7) is 0.311. The van der Waals surface area contributed by atoms with Crippen molar-refractivity contribution in [2.24, 2.45) is 0 Å². The molecule has 24 heavy (non-hydrogen) atoms. The van der Waals surface area contributed by atoms with Crippen LogP contribution in [0.4, 0.5) is 0 Å². The van der Waals surface area contributed by atoms with Crippen molar-refractivity contribution in [1.82, 2.24) is 5.32 Å². The second-order valence-corrected chi connectivity index (χ2v) is 4.82. The zero-order valence-electron chi connectivity index (χ0n) is 13.4. The highest BCUT2D eigenvalue weighted by molar-refractivity contribution is 5.91. The van der Waals surface area contributed by atoms with Crippen molar-refractivity contribution in [3.05, 3.63) is 60.2 Å². The monoisotopic (exact) mass is 329 g/mol. The fourth-order valence-corrected chi connectivity index (χ4v) is 1.89. The second kappa shape index (κ2) is 9.19. The molecule has 0 aliphatic carbocycles. The van der Waals surface area contributed by atoms with Gasteiger partial charge >= 0.3 is 5.97 Å². The summed E-state index contributed by atoms with van der Waals surface area (Å²) in [5, 5.41) is 2.62. The third-order valence-electron chi connectivity index (χ3n) is 3.08. The van der Waals surface area contributed by atoms with E-state index in [1.54, 1.807) is 24.3 Å². The number of para-hydroxylation sites is 1. The Balaban J connectivity index is 1.66. The molecule has 0 fully saturated rings. The lowest BCUT2D eigenvalue weighted by atomic mass is 10.2. The Morgan fingerprint density at radius 2 is 1.75 bits per heavy atom. The molecule has 0 heterocycles. The van der Waals surface area contributed by atoms with Gasteiger partial charge in [-0.05, 0) is 30.3 Å². The van der Waals surface area contributed by atoms with Crippen LogP contribution in [0.25, 0.3) is 0 Å². The third-order valence-corrected chi connectivity index (χ3v) is 3.08. The maximum atomic E-state index is 11.8. The molecule has 126 valence electrons. The van der Waals surface area contributed by atoms with E-state index in [0.29, 0.717) is 24.5 Å². The fraction of sp³-hybridized carbons (Fsp3) is 0.222. The van der Waals surface area contributed by atoms with Gasteiger partial charge in [-0.2, -0.15) is 0 Å². The molecular formula is C18H19NO5. The summed E-state index contributed by atoms with van der Waals surface area (Å²) in [7, 11) is 1.51. The number of rotatable bonds is 8. The smallest absolute Gasteiger partial charge is 0.338 e. The molecule has 1 N–H and O–H groups in total. The van der Waals surface area contributed by atoms with E-state index >= 15 is 0 Å². The van der Waals surface area contributed by atoms with Gasteiger partial charge in [0.1, 0.15) is 18.1 Å². The molecule has 0 atom stereocenters. The molecule has 1 amide bonds. The van der Waals surface area contributed by atoms with Crippen LogP contribution in [0.5, 0.6) is 11.5 Å². The zero-order valence-corrected chi connectivity index (χ0v) is 13.4. The van der Waals surface area contributed by atoms with Crippen LogP contribution in [0.15, 0.2) is 54.6 Å². The molecule has 0 spiro atoms. The molecule has 0 aliphatic rings. The predicted molar refractivity (Wildman–Crippen MR) is 88.2 cm³/mol. The standard InChI is InChI=1S/C18H19NO5/c1-22-16-9-5-6-14(12-16)18(21)24-13-17(20)19-10-11-23-15-7-3-2-4-8-15/h2-9,12H,10-11,13H2,1H3,(H,19,20). The number of hydrogen-bond donors (Lipinski definition) is 1. The minimum absolute atomic E-state index is 0.324. The van der Waals surface area contributed by atoms with Crippen molar-refractivity contribution in [3.8, 4) is 11.5 Å². The van der Waals surface area contributed by atoms with Gasteiger partial charge in [0.25, 0.3) is 5.91 Å². The maximum absolute atomic E-state index is 11.8. The Kier molecular flexibility index (Phi) is 6.64. The second-order valence-electron chi connectivity index (χ2n) is 4.82. The Morgan fingerprint density at radius 3 is 2.50 bits per heavy atom. The van der Waals surface area contributed by atoms with Crippen LogP contribution < -0.4 is 14.8 Å². The summed E-state index contributed by atoms with van der Waals surface area (Å²) in [4.78, 5) is 23.5. The normalized spacial score (nSPS) is 9.88. The van der Waals surface area contributed by atoms with Gasteiger partial charge in [-0.15, -0.1) is 0 Å². The highest BCUT2D eigenvalue weighted by atomic mass is 16.5. The van der Waals surface area contributed by atoms with Crippen LogP contribution in [0.2, 0.25) is 0 Å². The van der Waals surface area contributed by atoms with Gasteiger partial charge in [0.05, 0.1) is 19.2 Å². The van der Waals surface area contributed by atoms with Crippen molar-refractivity contribution >= 4 is 11.9 Å². The highest BCUT2D eigenvalue weighted by Crippen LogP contribution is 2.13. The molecule has 0 saturated heterocycles. The van der Waals surface area contributed by atoms with Crippen molar-refractivity contribution in [2.75, 3.05) is 26.9 Å². The number of benzene rings is 2. The molecule has 0 unspecified atom stereocenters. The van der Waals surface area contributed by atoms with Crippen molar-refractivity contribution in [2.45, 2.75) is 0 Å². The Morgan fingerprint density at radius 1 is 1.00 bits per heavy atom. The van der Waals surface area contributed by atoms with Crippen molar-refractivity contribution in [1.29, 1.82) is 0 Å². The topological polar surface area (TPSA) is 73.9 Å². The number of amides is 1. The number of carbonyl (C=O) groups excluding carboxylic acids is 2. The SMILES string of the molecule is COc1cccc(C(=O)OCC(=O)NCCOc2ccccc2)c1. The first-order chi connectivity index (χ1) is 11.7. The van der Waals surface area contributed by atoms with Gasteiger partial charge in [0.2, 0.25) is 0 Å². The Bertz CT molecular complexity index is 672. The van der Waals surface area contributed by atoms with Crippen LogP contribution in [0.3, 0.4) is 0 Å². The van der Waals surface area contributed by atoms with E-state index in [2.05, 4.69) is 5.32 Å². The van der Waals surface area contributed by atoms with Crippen LogP contribution in [-0.4, -0.2) is 38.7 Å². The lowest BCUT2D eigenvalue weighted by Gasteiger charge is -2.08. The molecule has 6 nitrogen and oxygen atoms in total. The summed E-state index contributed by atoms with van der Waals surface area (Å²) in [6.07, 6.45) is 0. The number of esters is 1. The van der Waals surface area contributed by atoms with E-state index in [9.17, 15) is 9.59 Å². The van der Waals surface area contributed by atoms with Crippen LogP contribution >= 0.6 is 0 Å². The third kappa shape index (κ3) is 5.64. The summed E-state index contributed by atoms with van der Waals surface area (Å²) < 4.78 is 15.4. The lowest BCUT2D eigenvalue weighted by Crippen LogP contribution is -2.32. The predicted octanol–water partition coefficient (Wildman–Crippen LogP) is 2.05. The number of nitrogens with one attached hydrogen (secondary N) is 1. The van der Waals surface area contributed by atoms with Crippen LogP contribution in [0, 0.1) is 0 Å². The first kappa shape index (κ1) is 17.3.